The van der Waals surface area contributed by atoms with E-state index >= 15 is 0 Å². The molecule has 1 saturated heterocycles. The van der Waals surface area contributed by atoms with E-state index in [0.717, 1.165) is 30.5 Å². The Morgan fingerprint density at radius 2 is 1.58 bits per heavy atom. The topological polar surface area (TPSA) is 95.5 Å². The SMILES string of the molecule is CN1CCN(C(=O)c2ccc3nc(-c4ccc(F)cc4)c(-c4cccc(CNS(C)(=O)=O)c4)nc3c2)CC1. The van der Waals surface area contributed by atoms with Gasteiger partial charge in [-0.3, -0.25) is 4.79 Å². The van der Waals surface area contributed by atoms with Gasteiger partial charge in [-0.15, -0.1) is 0 Å². The quantitative estimate of drug-likeness (QED) is 0.407. The van der Waals surface area contributed by atoms with Gasteiger partial charge in [0.05, 0.1) is 28.7 Å². The highest BCUT2D eigenvalue weighted by atomic mass is 32.2. The average Bonchev–Trinajstić information content (AvgIpc) is 2.91. The van der Waals surface area contributed by atoms with E-state index in [4.69, 9.17) is 9.97 Å². The molecule has 1 amide bonds. The molecule has 1 aliphatic rings. The molecule has 10 heteroatoms. The second kappa shape index (κ2) is 10.6. The molecule has 0 saturated carbocycles. The highest BCUT2D eigenvalue weighted by Crippen LogP contribution is 2.32. The predicted molar refractivity (Wildman–Crippen MR) is 145 cm³/mol. The van der Waals surface area contributed by atoms with Gasteiger partial charge in [0.25, 0.3) is 5.91 Å². The maximum atomic E-state index is 13.7. The third kappa shape index (κ3) is 5.88. The number of likely N-dealkylation sites (N-methyl/N-ethyl adjacent to an activating group) is 1. The van der Waals surface area contributed by atoms with Gasteiger partial charge in [-0.25, -0.2) is 27.5 Å². The van der Waals surface area contributed by atoms with Gasteiger partial charge in [0, 0.05) is 49.4 Å². The van der Waals surface area contributed by atoms with Gasteiger partial charge in [0.15, 0.2) is 0 Å². The van der Waals surface area contributed by atoms with E-state index in [1.165, 1.54) is 12.1 Å². The van der Waals surface area contributed by atoms with Crippen LogP contribution in [-0.4, -0.2) is 73.6 Å². The Bertz CT molecular complexity index is 1600. The lowest BCUT2D eigenvalue weighted by Crippen LogP contribution is -2.47. The van der Waals surface area contributed by atoms with Crippen molar-refractivity contribution in [2.45, 2.75) is 6.54 Å². The van der Waals surface area contributed by atoms with E-state index in [1.807, 2.05) is 36.2 Å². The summed E-state index contributed by atoms with van der Waals surface area (Å²) in [5.74, 6) is -0.398. The van der Waals surface area contributed by atoms with Gasteiger partial charge in [0.1, 0.15) is 5.82 Å². The van der Waals surface area contributed by atoms with E-state index in [2.05, 4.69) is 9.62 Å². The molecule has 5 rings (SSSR count). The van der Waals surface area contributed by atoms with Gasteiger partial charge in [-0.1, -0.05) is 18.2 Å². The number of hydrogen-bond acceptors (Lipinski definition) is 6. The summed E-state index contributed by atoms with van der Waals surface area (Å²) in [4.78, 5) is 27.0. The maximum absolute atomic E-state index is 13.7. The lowest BCUT2D eigenvalue weighted by Gasteiger charge is -2.32. The Hall–Kier alpha value is -3.73. The van der Waals surface area contributed by atoms with Crippen molar-refractivity contribution in [1.29, 1.82) is 0 Å². The number of amides is 1. The number of nitrogens with one attached hydrogen (secondary N) is 1. The zero-order chi connectivity index (χ0) is 26.9. The van der Waals surface area contributed by atoms with E-state index in [1.54, 1.807) is 30.3 Å². The van der Waals surface area contributed by atoms with Crippen molar-refractivity contribution in [2.75, 3.05) is 39.5 Å². The molecule has 38 heavy (non-hydrogen) atoms. The molecular formula is C28H28FN5O3S. The van der Waals surface area contributed by atoms with Crippen LogP contribution in [0.3, 0.4) is 0 Å². The van der Waals surface area contributed by atoms with Crippen molar-refractivity contribution in [3.63, 3.8) is 0 Å². The second-order valence-electron chi connectivity index (χ2n) is 9.52. The van der Waals surface area contributed by atoms with E-state index < -0.39 is 10.0 Å². The van der Waals surface area contributed by atoms with Crippen molar-refractivity contribution < 1.29 is 17.6 Å². The fraction of sp³-hybridized carbons (Fsp3) is 0.250. The number of sulfonamides is 1. The van der Waals surface area contributed by atoms with Crippen molar-refractivity contribution >= 4 is 27.0 Å². The smallest absolute Gasteiger partial charge is 0.254 e. The fourth-order valence-electron chi connectivity index (χ4n) is 4.43. The molecular weight excluding hydrogens is 505 g/mol. The summed E-state index contributed by atoms with van der Waals surface area (Å²) >= 11 is 0. The van der Waals surface area contributed by atoms with Gasteiger partial charge >= 0.3 is 0 Å². The Labute approximate surface area is 221 Å². The third-order valence-corrected chi connectivity index (χ3v) is 7.23. The summed E-state index contributed by atoms with van der Waals surface area (Å²) < 4.78 is 39.4. The molecule has 0 radical (unpaired) electrons. The molecule has 1 aliphatic heterocycles. The number of halogens is 1. The number of carbonyl (C=O) groups is 1. The number of nitrogens with zero attached hydrogens (tertiary/aromatic N) is 4. The van der Waals surface area contributed by atoms with Gasteiger partial charge in [0.2, 0.25) is 10.0 Å². The highest BCUT2D eigenvalue weighted by molar-refractivity contribution is 7.88. The van der Waals surface area contributed by atoms with Crippen LogP contribution >= 0.6 is 0 Å². The van der Waals surface area contributed by atoms with Crippen LogP contribution in [-0.2, 0) is 16.6 Å². The number of aromatic nitrogens is 2. The van der Waals surface area contributed by atoms with Gasteiger partial charge in [-0.2, -0.15) is 0 Å². The summed E-state index contributed by atoms with van der Waals surface area (Å²) in [5, 5.41) is 0. The average molecular weight is 534 g/mol. The highest BCUT2D eigenvalue weighted by Gasteiger charge is 2.21. The Morgan fingerprint density at radius 3 is 2.29 bits per heavy atom. The molecule has 4 aromatic rings. The van der Waals surface area contributed by atoms with E-state index in [-0.39, 0.29) is 18.3 Å². The monoisotopic (exact) mass is 533 g/mol. The van der Waals surface area contributed by atoms with Crippen LogP contribution in [0.15, 0.2) is 66.7 Å². The standard InChI is InChI=1S/C28H28FN5O3S/c1-33-12-14-34(15-13-33)28(35)22-8-11-24-25(17-22)32-27(26(31-24)20-6-9-23(29)10-7-20)21-5-3-4-19(16-21)18-30-38(2,36)37/h3-11,16-17,30H,12-15,18H2,1-2H3. The zero-order valence-corrected chi connectivity index (χ0v) is 22.0. The predicted octanol–water partition coefficient (Wildman–Crippen LogP) is 3.54. The third-order valence-electron chi connectivity index (χ3n) is 6.56. The fourth-order valence-corrected chi connectivity index (χ4v) is 4.86. The number of carbonyl (C=O) groups excluding carboxylic acids is 1. The molecule has 1 fully saturated rings. The normalized spacial score (nSPS) is 14.7. The van der Waals surface area contributed by atoms with Crippen molar-refractivity contribution in [3.05, 3.63) is 83.7 Å². The summed E-state index contributed by atoms with van der Waals surface area (Å²) in [6.07, 6.45) is 1.11. The molecule has 2 heterocycles. The van der Waals surface area contributed by atoms with Crippen LogP contribution in [0, 0.1) is 5.82 Å². The first-order valence-electron chi connectivity index (χ1n) is 12.3. The van der Waals surface area contributed by atoms with Crippen molar-refractivity contribution in [3.8, 4) is 22.5 Å². The molecule has 0 atom stereocenters. The number of rotatable bonds is 6. The molecule has 3 aromatic carbocycles. The number of piperazine rings is 1. The van der Waals surface area contributed by atoms with Crippen LogP contribution in [0.4, 0.5) is 4.39 Å². The van der Waals surface area contributed by atoms with Crippen LogP contribution in [0.25, 0.3) is 33.5 Å². The minimum Gasteiger partial charge on any atom is -0.336 e. The van der Waals surface area contributed by atoms with Crippen molar-refractivity contribution in [2.24, 2.45) is 0 Å². The number of benzene rings is 3. The first-order valence-corrected chi connectivity index (χ1v) is 14.1. The Kier molecular flexibility index (Phi) is 7.20. The Balaban J connectivity index is 1.59. The second-order valence-corrected chi connectivity index (χ2v) is 11.4. The summed E-state index contributed by atoms with van der Waals surface area (Å²) in [7, 11) is -1.32. The number of hydrogen-bond donors (Lipinski definition) is 1. The first-order chi connectivity index (χ1) is 18.2. The minimum absolute atomic E-state index is 0.0418. The molecule has 196 valence electrons. The molecule has 0 bridgehead atoms. The lowest BCUT2D eigenvalue weighted by atomic mass is 10.0. The van der Waals surface area contributed by atoms with Crippen LogP contribution in [0.1, 0.15) is 15.9 Å². The number of fused-ring (bicyclic) bond motifs is 1. The van der Waals surface area contributed by atoms with Crippen molar-refractivity contribution in [1.82, 2.24) is 24.5 Å². The molecule has 1 aromatic heterocycles. The van der Waals surface area contributed by atoms with Gasteiger partial charge < -0.3 is 9.80 Å². The zero-order valence-electron chi connectivity index (χ0n) is 21.2. The molecule has 8 nitrogen and oxygen atoms in total. The van der Waals surface area contributed by atoms with Gasteiger partial charge in [-0.05, 0) is 61.1 Å². The first kappa shape index (κ1) is 25.9. The molecule has 1 N–H and O–H groups in total. The lowest BCUT2D eigenvalue weighted by molar-refractivity contribution is 0.0664. The van der Waals surface area contributed by atoms with Crippen LogP contribution in [0.2, 0.25) is 0 Å². The maximum Gasteiger partial charge on any atom is 0.254 e. The summed E-state index contributed by atoms with van der Waals surface area (Å²) in [5.41, 5.74) is 4.99. The van der Waals surface area contributed by atoms with Crippen LogP contribution in [0.5, 0.6) is 0 Å². The molecule has 0 spiro atoms. The Morgan fingerprint density at radius 1 is 0.895 bits per heavy atom. The van der Waals surface area contributed by atoms with E-state index in [9.17, 15) is 17.6 Å². The summed E-state index contributed by atoms with van der Waals surface area (Å²) in [6, 6.07) is 18.7. The minimum atomic E-state index is -3.36. The largest absolute Gasteiger partial charge is 0.336 e. The van der Waals surface area contributed by atoms with E-state index in [0.29, 0.717) is 46.6 Å². The van der Waals surface area contributed by atoms with Crippen LogP contribution < -0.4 is 4.72 Å². The molecule has 0 unspecified atom stereocenters. The molecule has 0 aliphatic carbocycles. The summed E-state index contributed by atoms with van der Waals surface area (Å²) in [6.45, 7) is 3.12.